The lowest BCUT2D eigenvalue weighted by Gasteiger charge is -2.39. The summed E-state index contributed by atoms with van der Waals surface area (Å²) >= 11 is 0. The third kappa shape index (κ3) is 4.91. The zero-order chi connectivity index (χ0) is 34.8. The van der Waals surface area contributed by atoms with E-state index in [0.29, 0.717) is 41.3 Å². The Kier molecular flexibility index (Phi) is 8.03. The van der Waals surface area contributed by atoms with Crippen molar-refractivity contribution < 1.29 is 54.8 Å². The largest absolute Gasteiger partial charge is 0.566 e. The van der Waals surface area contributed by atoms with Gasteiger partial charge in [0.05, 0.1) is 30.3 Å². The lowest BCUT2D eigenvalue weighted by molar-refractivity contribution is -0.288. The normalized spacial score (nSPS) is 21.8. The third-order valence-corrected chi connectivity index (χ3v) is 9.41. The van der Waals surface area contributed by atoms with Crippen LogP contribution in [0.25, 0.3) is 0 Å². The van der Waals surface area contributed by atoms with E-state index in [0.717, 1.165) is 28.2 Å². The predicted molar refractivity (Wildman–Crippen MR) is 165 cm³/mol. The molecule has 0 spiro atoms. The van der Waals surface area contributed by atoms with Gasteiger partial charge in [0.1, 0.15) is 17.2 Å². The van der Waals surface area contributed by atoms with Gasteiger partial charge in [-0.3, -0.25) is 14.4 Å². The number of fused-ring (bicyclic) bond motifs is 5. The highest BCUT2D eigenvalue weighted by Gasteiger charge is 2.73. The molecule has 248 valence electrons. The van der Waals surface area contributed by atoms with Crippen LogP contribution in [0.1, 0.15) is 27.9 Å². The molecule has 1 N–H and O–H groups in total. The number of anilines is 2. The molecule has 48 heavy (non-hydrogen) atoms. The van der Waals surface area contributed by atoms with Crippen LogP contribution >= 0.6 is 0 Å². The molecule has 2 fully saturated rings. The minimum atomic E-state index is -6.03. The molecule has 1 heterocycles. The summed E-state index contributed by atoms with van der Waals surface area (Å²) in [5.74, 6) is -4.39. The molecule has 4 unspecified atom stereocenters. The summed E-state index contributed by atoms with van der Waals surface area (Å²) in [7, 11) is 3.66. The van der Waals surface area contributed by atoms with Crippen LogP contribution in [0.4, 0.5) is 37.7 Å². The fourth-order valence-corrected chi connectivity index (χ4v) is 7.20. The van der Waals surface area contributed by atoms with Gasteiger partial charge < -0.3 is 19.4 Å². The summed E-state index contributed by atoms with van der Waals surface area (Å²) in [4.78, 5) is 40.8. The molecule has 1 saturated heterocycles. The smallest absolute Gasteiger partial charge is 0.411 e. The zero-order valence-electron chi connectivity index (χ0n) is 25.6. The van der Waals surface area contributed by atoms with E-state index in [2.05, 4.69) is 5.32 Å². The number of carbonyl (C=O) groups is 3. The molecule has 3 amide bonds. The first kappa shape index (κ1) is 33.0. The minimum Gasteiger partial charge on any atom is -0.566 e. The SMILES string of the molecule is BOc1ccc(C(c2ccc(OB)c(N3C(=O)C4C5C=CC(C5)C4C3=O)c2)(C(F)(F)F)C(F)(F)F)cc1NC(=O)c1ccc(OC)cc1. The van der Waals surface area contributed by atoms with Gasteiger partial charge in [0.2, 0.25) is 17.2 Å². The van der Waals surface area contributed by atoms with Gasteiger partial charge in [-0.25, -0.2) is 4.90 Å². The van der Waals surface area contributed by atoms with Gasteiger partial charge in [0, 0.05) is 5.56 Å². The number of amides is 3. The maximum Gasteiger partial charge on any atom is 0.411 e. The van der Waals surface area contributed by atoms with Gasteiger partial charge >= 0.3 is 28.5 Å². The zero-order valence-corrected chi connectivity index (χ0v) is 25.6. The van der Waals surface area contributed by atoms with E-state index in [-0.39, 0.29) is 28.9 Å². The van der Waals surface area contributed by atoms with E-state index in [1.165, 1.54) is 31.4 Å². The lowest BCUT2D eigenvalue weighted by Crippen LogP contribution is -2.55. The van der Waals surface area contributed by atoms with Crippen LogP contribution in [0.15, 0.2) is 72.8 Å². The molecule has 0 radical (unpaired) electrons. The number of hydrogen-bond donors (Lipinski definition) is 1. The third-order valence-electron chi connectivity index (χ3n) is 9.41. The molecule has 3 aromatic carbocycles. The van der Waals surface area contributed by atoms with Crippen LogP contribution in [-0.2, 0) is 15.0 Å². The van der Waals surface area contributed by atoms with Crippen molar-refractivity contribution >= 4 is 45.2 Å². The maximum absolute atomic E-state index is 15.3. The number of methoxy groups -OCH3 is 1. The molecule has 1 aliphatic heterocycles. The van der Waals surface area contributed by atoms with Gasteiger partial charge in [0.25, 0.3) is 5.91 Å². The van der Waals surface area contributed by atoms with Crippen LogP contribution in [0.5, 0.6) is 17.2 Å². The minimum absolute atomic E-state index is 0.0364. The van der Waals surface area contributed by atoms with E-state index in [4.69, 9.17) is 14.0 Å². The molecule has 3 aliphatic rings. The van der Waals surface area contributed by atoms with E-state index in [9.17, 15) is 14.4 Å². The number of imide groups is 1. The fourth-order valence-electron chi connectivity index (χ4n) is 7.20. The molecule has 1 saturated carbocycles. The first-order chi connectivity index (χ1) is 22.7. The van der Waals surface area contributed by atoms with Crippen molar-refractivity contribution in [2.75, 3.05) is 17.3 Å². The van der Waals surface area contributed by atoms with Crippen LogP contribution in [0, 0.1) is 23.7 Å². The van der Waals surface area contributed by atoms with Gasteiger partial charge in [0.15, 0.2) is 0 Å². The molecule has 8 nitrogen and oxygen atoms in total. The average Bonchev–Trinajstić information content (AvgIpc) is 3.73. The molecule has 6 rings (SSSR count). The highest BCUT2D eigenvalue weighted by Crippen LogP contribution is 2.59. The van der Waals surface area contributed by atoms with E-state index >= 15 is 26.3 Å². The summed E-state index contributed by atoms with van der Waals surface area (Å²) in [5.41, 5.74) is -8.29. The van der Waals surface area contributed by atoms with Crippen molar-refractivity contribution in [3.8, 4) is 17.2 Å². The molecular weight excluding hydrogens is 644 g/mol. The van der Waals surface area contributed by atoms with Gasteiger partial charge in [-0.2, -0.15) is 26.3 Å². The second-order valence-corrected chi connectivity index (χ2v) is 11.7. The van der Waals surface area contributed by atoms with Crippen LogP contribution in [0.2, 0.25) is 0 Å². The number of rotatable bonds is 8. The summed E-state index contributed by atoms with van der Waals surface area (Å²) in [6, 6.07) is 9.65. The van der Waals surface area contributed by atoms with Crippen LogP contribution in [-0.4, -0.2) is 53.3 Å². The van der Waals surface area contributed by atoms with Crippen molar-refractivity contribution in [1.29, 1.82) is 0 Å². The van der Waals surface area contributed by atoms with Gasteiger partial charge in [-0.15, -0.1) is 0 Å². The molecule has 2 aliphatic carbocycles. The Morgan fingerprint density at radius 2 is 1.31 bits per heavy atom. The highest BCUT2D eigenvalue weighted by atomic mass is 19.4. The Morgan fingerprint density at radius 3 is 1.81 bits per heavy atom. The molecule has 3 aromatic rings. The Morgan fingerprint density at radius 1 is 0.792 bits per heavy atom. The average molecular weight is 670 g/mol. The van der Waals surface area contributed by atoms with Crippen molar-refractivity contribution in [3.05, 3.63) is 89.5 Å². The number of alkyl halides is 6. The molecule has 0 aromatic heterocycles. The summed E-state index contributed by atoms with van der Waals surface area (Å²) in [5, 5.41) is 2.34. The number of allylic oxidation sites excluding steroid dienone is 2. The number of nitrogens with zero attached hydrogens (tertiary/aromatic N) is 1. The predicted octanol–water partition coefficient (Wildman–Crippen LogP) is 4.52. The Balaban J connectivity index is 1.49. The highest BCUT2D eigenvalue weighted by molar-refractivity contribution is 6.23. The fraction of sp³-hybridized carbons (Fsp3) is 0.281. The summed E-state index contributed by atoms with van der Waals surface area (Å²) < 4.78 is 107. The standard InChI is InChI=1S/C32H26B2F6N2O6/c1-46-20-8-4-15(5-9-20)27(43)41-21-13-18(6-10-23(21)47-33)30(31(35,36)37,32(38,39)40)19-7-11-24(48-34)22(14-19)42-28(44)25-16-2-3-17(12-16)26(25)29(42)45/h2-11,13-14,16-17,25-26H,12,33-34H2,1H3,(H,41,43). The first-order valence-corrected chi connectivity index (χ1v) is 14.7. The number of ether oxygens (including phenoxy) is 1. The van der Waals surface area contributed by atoms with E-state index < -0.39 is 69.8 Å². The lowest BCUT2D eigenvalue weighted by atomic mass is 9.72. The Bertz CT molecular complexity index is 1790. The molecule has 16 heteroatoms. The maximum atomic E-state index is 15.3. The second-order valence-electron chi connectivity index (χ2n) is 11.7. The number of carbonyl (C=O) groups excluding carboxylic acids is 3. The van der Waals surface area contributed by atoms with Gasteiger partial charge in [-0.05, 0) is 77.9 Å². The quantitative estimate of drug-likeness (QED) is 0.164. The molecule has 2 bridgehead atoms. The first-order valence-electron chi connectivity index (χ1n) is 14.7. The van der Waals surface area contributed by atoms with Crippen molar-refractivity contribution in [1.82, 2.24) is 0 Å². The van der Waals surface area contributed by atoms with Gasteiger partial charge in [-0.1, -0.05) is 24.3 Å². The number of nitrogens with one attached hydrogen (secondary N) is 1. The Labute approximate surface area is 271 Å². The summed E-state index contributed by atoms with van der Waals surface area (Å²) in [6.45, 7) is 0. The molecule has 4 atom stereocenters. The topological polar surface area (TPSA) is 94.2 Å². The van der Waals surface area contributed by atoms with Crippen LogP contribution < -0.4 is 24.3 Å². The second kappa shape index (κ2) is 11.7. The Hall–Kier alpha value is -4.88. The number of benzene rings is 3. The van der Waals surface area contributed by atoms with E-state index in [1.807, 2.05) is 0 Å². The van der Waals surface area contributed by atoms with Crippen LogP contribution in [0.3, 0.4) is 0 Å². The van der Waals surface area contributed by atoms with Crippen molar-refractivity contribution in [2.45, 2.75) is 24.2 Å². The monoisotopic (exact) mass is 670 g/mol. The van der Waals surface area contributed by atoms with E-state index in [1.54, 1.807) is 12.2 Å². The number of halogens is 6. The number of hydrogen-bond acceptors (Lipinski definition) is 6. The molecular formula is C32H26B2F6N2O6. The summed E-state index contributed by atoms with van der Waals surface area (Å²) in [6.07, 6.45) is -7.87. The van der Waals surface area contributed by atoms with Crippen molar-refractivity contribution in [2.24, 2.45) is 23.7 Å². The van der Waals surface area contributed by atoms with Crippen molar-refractivity contribution in [3.63, 3.8) is 0 Å².